The SMILES string of the molecule is COc1ccccc1C=CC(=O)Nc1cccc(Br)c1. The van der Waals surface area contributed by atoms with Crippen molar-refractivity contribution in [1.29, 1.82) is 0 Å². The maximum atomic E-state index is 11.8. The monoisotopic (exact) mass is 331 g/mol. The highest BCUT2D eigenvalue weighted by Crippen LogP contribution is 2.19. The Labute approximate surface area is 126 Å². The molecule has 0 radical (unpaired) electrons. The van der Waals surface area contributed by atoms with Crippen LogP contribution in [0.5, 0.6) is 5.75 Å². The third-order valence-corrected chi connectivity index (χ3v) is 3.14. The fourth-order valence-electron chi connectivity index (χ4n) is 1.72. The Morgan fingerprint density at radius 1 is 1.20 bits per heavy atom. The van der Waals surface area contributed by atoms with E-state index >= 15 is 0 Å². The second kappa shape index (κ2) is 6.91. The number of ether oxygens (including phenoxy) is 1. The highest BCUT2D eigenvalue weighted by molar-refractivity contribution is 9.10. The van der Waals surface area contributed by atoms with E-state index in [1.807, 2.05) is 48.5 Å². The van der Waals surface area contributed by atoms with Gasteiger partial charge in [-0.2, -0.15) is 0 Å². The highest BCUT2D eigenvalue weighted by atomic mass is 79.9. The molecular weight excluding hydrogens is 318 g/mol. The number of benzene rings is 2. The molecule has 1 N–H and O–H groups in total. The molecule has 0 atom stereocenters. The number of hydrogen-bond acceptors (Lipinski definition) is 2. The van der Waals surface area contributed by atoms with Gasteiger partial charge >= 0.3 is 0 Å². The molecule has 0 unspecified atom stereocenters. The van der Waals surface area contributed by atoms with Crippen LogP contribution in [0.25, 0.3) is 6.08 Å². The summed E-state index contributed by atoms with van der Waals surface area (Å²) >= 11 is 3.36. The lowest BCUT2D eigenvalue weighted by Gasteiger charge is -2.04. The van der Waals surface area contributed by atoms with Gasteiger partial charge in [-0.05, 0) is 30.3 Å². The molecule has 0 fully saturated rings. The first-order valence-corrected chi connectivity index (χ1v) is 6.86. The summed E-state index contributed by atoms with van der Waals surface area (Å²) in [4.78, 5) is 11.8. The molecular formula is C16H14BrNO2. The first-order valence-electron chi connectivity index (χ1n) is 6.06. The Balaban J connectivity index is 2.06. The quantitative estimate of drug-likeness (QED) is 0.856. The minimum absolute atomic E-state index is 0.186. The predicted octanol–water partition coefficient (Wildman–Crippen LogP) is 4.11. The summed E-state index contributed by atoms with van der Waals surface area (Å²) in [6, 6.07) is 15.0. The molecule has 102 valence electrons. The van der Waals surface area contributed by atoms with Crippen LogP contribution in [-0.4, -0.2) is 13.0 Å². The van der Waals surface area contributed by atoms with Crippen LogP contribution in [0, 0.1) is 0 Å². The van der Waals surface area contributed by atoms with Gasteiger partial charge in [-0.3, -0.25) is 4.79 Å². The minimum Gasteiger partial charge on any atom is -0.496 e. The van der Waals surface area contributed by atoms with Crippen LogP contribution >= 0.6 is 15.9 Å². The second-order valence-corrected chi connectivity index (χ2v) is 4.99. The first kappa shape index (κ1) is 14.3. The number of para-hydroxylation sites is 1. The van der Waals surface area contributed by atoms with Crippen LogP contribution < -0.4 is 10.1 Å². The van der Waals surface area contributed by atoms with Crippen molar-refractivity contribution in [3.63, 3.8) is 0 Å². The predicted molar refractivity (Wildman–Crippen MR) is 84.8 cm³/mol. The second-order valence-electron chi connectivity index (χ2n) is 4.07. The number of hydrogen-bond donors (Lipinski definition) is 1. The number of amides is 1. The van der Waals surface area contributed by atoms with E-state index in [0.29, 0.717) is 0 Å². The molecule has 20 heavy (non-hydrogen) atoms. The minimum atomic E-state index is -0.186. The first-order chi connectivity index (χ1) is 9.69. The van der Waals surface area contributed by atoms with Gasteiger partial charge in [-0.25, -0.2) is 0 Å². The molecule has 1 amide bonds. The number of carbonyl (C=O) groups is 1. The zero-order valence-electron chi connectivity index (χ0n) is 11.0. The molecule has 2 rings (SSSR count). The van der Waals surface area contributed by atoms with Gasteiger partial charge in [0.25, 0.3) is 0 Å². The Bertz CT molecular complexity index is 638. The molecule has 0 saturated carbocycles. The number of halogens is 1. The van der Waals surface area contributed by atoms with E-state index in [-0.39, 0.29) is 5.91 Å². The van der Waals surface area contributed by atoms with E-state index in [2.05, 4.69) is 21.2 Å². The number of anilines is 1. The van der Waals surface area contributed by atoms with Gasteiger partial charge in [0.1, 0.15) is 5.75 Å². The summed E-state index contributed by atoms with van der Waals surface area (Å²) < 4.78 is 6.14. The average molecular weight is 332 g/mol. The lowest BCUT2D eigenvalue weighted by Crippen LogP contribution is -2.07. The van der Waals surface area contributed by atoms with Crippen molar-refractivity contribution >= 4 is 33.6 Å². The number of nitrogens with one attached hydrogen (secondary N) is 1. The van der Waals surface area contributed by atoms with Crippen molar-refractivity contribution in [3.8, 4) is 5.75 Å². The van der Waals surface area contributed by atoms with Gasteiger partial charge in [-0.1, -0.05) is 40.2 Å². The molecule has 3 nitrogen and oxygen atoms in total. The van der Waals surface area contributed by atoms with Crippen molar-refractivity contribution in [3.05, 3.63) is 64.6 Å². The van der Waals surface area contributed by atoms with E-state index in [9.17, 15) is 4.79 Å². The smallest absolute Gasteiger partial charge is 0.248 e. The van der Waals surface area contributed by atoms with Crippen LogP contribution in [0.3, 0.4) is 0 Å². The maximum Gasteiger partial charge on any atom is 0.248 e. The third-order valence-electron chi connectivity index (χ3n) is 2.65. The lowest BCUT2D eigenvalue weighted by atomic mass is 10.2. The lowest BCUT2D eigenvalue weighted by molar-refractivity contribution is -0.111. The molecule has 0 aromatic heterocycles. The summed E-state index contributed by atoms with van der Waals surface area (Å²) in [6.45, 7) is 0. The number of rotatable bonds is 4. The Hall–Kier alpha value is -2.07. The van der Waals surface area contributed by atoms with Gasteiger partial charge in [0.2, 0.25) is 5.91 Å². The van der Waals surface area contributed by atoms with Crippen LogP contribution in [0.1, 0.15) is 5.56 Å². The Morgan fingerprint density at radius 2 is 2.00 bits per heavy atom. The zero-order valence-corrected chi connectivity index (χ0v) is 12.6. The zero-order chi connectivity index (χ0) is 14.4. The fraction of sp³-hybridized carbons (Fsp3) is 0.0625. The molecule has 0 spiro atoms. The van der Waals surface area contributed by atoms with Crippen LogP contribution in [-0.2, 0) is 4.79 Å². The molecule has 2 aromatic rings. The molecule has 0 heterocycles. The van der Waals surface area contributed by atoms with Crippen molar-refractivity contribution in [2.24, 2.45) is 0 Å². The van der Waals surface area contributed by atoms with Gasteiger partial charge in [0, 0.05) is 21.8 Å². The standard InChI is InChI=1S/C16H14BrNO2/c1-20-15-8-3-2-5-12(15)9-10-16(19)18-14-7-4-6-13(17)11-14/h2-11H,1H3,(H,18,19). The molecule has 0 bridgehead atoms. The van der Waals surface area contributed by atoms with E-state index < -0.39 is 0 Å². The van der Waals surface area contributed by atoms with Gasteiger partial charge in [-0.15, -0.1) is 0 Å². The molecule has 0 aliphatic carbocycles. The molecule has 0 aliphatic rings. The number of carbonyl (C=O) groups excluding carboxylic acids is 1. The summed E-state index contributed by atoms with van der Waals surface area (Å²) in [5, 5.41) is 2.79. The van der Waals surface area contributed by atoms with Crippen molar-refractivity contribution in [2.45, 2.75) is 0 Å². The largest absolute Gasteiger partial charge is 0.496 e. The highest BCUT2D eigenvalue weighted by Gasteiger charge is 2.00. The van der Waals surface area contributed by atoms with E-state index in [1.165, 1.54) is 6.08 Å². The topological polar surface area (TPSA) is 38.3 Å². The molecule has 4 heteroatoms. The summed E-state index contributed by atoms with van der Waals surface area (Å²) in [7, 11) is 1.61. The third kappa shape index (κ3) is 3.96. The molecule has 0 saturated heterocycles. The van der Waals surface area contributed by atoms with Gasteiger partial charge in [0.15, 0.2) is 0 Å². The molecule has 0 aliphatic heterocycles. The van der Waals surface area contributed by atoms with Gasteiger partial charge in [0.05, 0.1) is 7.11 Å². The summed E-state index contributed by atoms with van der Waals surface area (Å²) in [5.74, 6) is 0.549. The summed E-state index contributed by atoms with van der Waals surface area (Å²) in [5.41, 5.74) is 1.61. The maximum absolute atomic E-state index is 11.8. The van der Waals surface area contributed by atoms with E-state index in [4.69, 9.17) is 4.74 Å². The average Bonchev–Trinajstić information content (AvgIpc) is 2.45. The van der Waals surface area contributed by atoms with Crippen LogP contribution in [0.2, 0.25) is 0 Å². The Morgan fingerprint density at radius 3 is 2.75 bits per heavy atom. The van der Waals surface area contributed by atoms with E-state index in [1.54, 1.807) is 13.2 Å². The fourth-order valence-corrected chi connectivity index (χ4v) is 2.12. The van der Waals surface area contributed by atoms with E-state index in [0.717, 1.165) is 21.5 Å². The van der Waals surface area contributed by atoms with Crippen LogP contribution in [0.15, 0.2) is 59.1 Å². The van der Waals surface area contributed by atoms with Crippen molar-refractivity contribution in [2.75, 3.05) is 12.4 Å². The normalized spacial score (nSPS) is 10.5. The summed E-state index contributed by atoms with van der Waals surface area (Å²) in [6.07, 6.45) is 3.21. The van der Waals surface area contributed by atoms with Gasteiger partial charge < -0.3 is 10.1 Å². The van der Waals surface area contributed by atoms with Crippen molar-refractivity contribution in [1.82, 2.24) is 0 Å². The molecule has 2 aromatic carbocycles. The van der Waals surface area contributed by atoms with Crippen molar-refractivity contribution < 1.29 is 9.53 Å². The Kier molecular flexibility index (Phi) is 4.96. The number of methoxy groups -OCH3 is 1. The van der Waals surface area contributed by atoms with Crippen LogP contribution in [0.4, 0.5) is 5.69 Å².